The first kappa shape index (κ1) is 14.2. The third-order valence-electron chi connectivity index (χ3n) is 4.77. The van der Waals surface area contributed by atoms with Crippen LogP contribution in [0.2, 0.25) is 5.02 Å². The van der Waals surface area contributed by atoms with Gasteiger partial charge in [0.15, 0.2) is 0 Å². The van der Waals surface area contributed by atoms with Crippen LogP contribution in [0, 0.1) is 0 Å². The smallest absolute Gasteiger partial charge is 0.0471 e. The van der Waals surface area contributed by atoms with E-state index < -0.39 is 0 Å². The molecule has 2 unspecified atom stereocenters. The lowest BCUT2D eigenvalue weighted by molar-refractivity contribution is 0.0111. The summed E-state index contributed by atoms with van der Waals surface area (Å²) in [5.41, 5.74) is 7.70. The molecule has 0 bridgehead atoms. The van der Waals surface area contributed by atoms with E-state index in [1.165, 1.54) is 44.5 Å². The van der Waals surface area contributed by atoms with Crippen LogP contribution in [0.3, 0.4) is 0 Å². The minimum absolute atomic E-state index is 0.595. The lowest BCUT2D eigenvalue weighted by Crippen LogP contribution is -2.58. The molecule has 0 radical (unpaired) electrons. The largest absolute Gasteiger partial charge is 0.399 e. The van der Waals surface area contributed by atoms with Gasteiger partial charge in [-0.2, -0.15) is 0 Å². The van der Waals surface area contributed by atoms with Crippen LogP contribution >= 0.6 is 11.6 Å². The molecule has 110 valence electrons. The average molecular weight is 294 g/mol. The van der Waals surface area contributed by atoms with Gasteiger partial charge in [0.05, 0.1) is 0 Å². The Morgan fingerprint density at radius 1 is 1.30 bits per heavy atom. The summed E-state index contributed by atoms with van der Waals surface area (Å²) in [5.74, 6) is 0. The van der Waals surface area contributed by atoms with Crippen LogP contribution in [-0.4, -0.2) is 41.5 Å². The van der Waals surface area contributed by atoms with E-state index in [9.17, 15) is 0 Å². The highest BCUT2D eigenvalue weighted by molar-refractivity contribution is 6.31. The number of piperazine rings is 1. The number of benzene rings is 1. The van der Waals surface area contributed by atoms with Gasteiger partial charge in [-0.05, 0) is 44.0 Å². The highest BCUT2D eigenvalue weighted by atomic mass is 35.5. The van der Waals surface area contributed by atoms with Gasteiger partial charge in [-0.1, -0.05) is 24.1 Å². The quantitative estimate of drug-likeness (QED) is 0.851. The number of hydrogen-bond donors (Lipinski definition) is 1. The first-order valence-corrected chi connectivity index (χ1v) is 8.03. The van der Waals surface area contributed by atoms with Gasteiger partial charge in [-0.3, -0.25) is 9.80 Å². The summed E-state index contributed by atoms with van der Waals surface area (Å²) in [7, 11) is 0. The Hall–Kier alpha value is -0.770. The Kier molecular flexibility index (Phi) is 4.20. The highest BCUT2D eigenvalue weighted by Crippen LogP contribution is 2.27. The molecule has 1 aromatic rings. The van der Waals surface area contributed by atoms with Crippen molar-refractivity contribution in [3.63, 3.8) is 0 Å². The maximum Gasteiger partial charge on any atom is 0.0471 e. The van der Waals surface area contributed by atoms with Crippen LogP contribution in [0.1, 0.15) is 31.7 Å². The maximum absolute atomic E-state index is 6.32. The predicted octanol–water partition coefficient (Wildman–Crippen LogP) is 2.98. The van der Waals surface area contributed by atoms with Gasteiger partial charge in [-0.15, -0.1) is 0 Å². The van der Waals surface area contributed by atoms with Crippen molar-refractivity contribution in [2.24, 2.45) is 0 Å². The van der Waals surface area contributed by atoms with Crippen molar-refractivity contribution in [2.75, 3.05) is 25.4 Å². The molecule has 2 aliphatic rings. The third kappa shape index (κ3) is 2.95. The van der Waals surface area contributed by atoms with E-state index in [2.05, 4.69) is 22.8 Å². The Labute approximate surface area is 126 Å². The minimum atomic E-state index is 0.595. The molecule has 2 heterocycles. The molecule has 1 aromatic carbocycles. The number of piperidine rings is 1. The second-order valence-corrected chi connectivity index (χ2v) is 6.68. The van der Waals surface area contributed by atoms with Gasteiger partial charge in [-0.25, -0.2) is 0 Å². The highest BCUT2D eigenvalue weighted by Gasteiger charge is 2.32. The number of nitrogens with two attached hydrogens (primary N) is 1. The van der Waals surface area contributed by atoms with E-state index in [0.29, 0.717) is 6.04 Å². The summed E-state index contributed by atoms with van der Waals surface area (Å²) >= 11 is 6.32. The molecule has 3 rings (SSSR count). The molecule has 0 amide bonds. The molecule has 0 aromatic heterocycles. The monoisotopic (exact) mass is 293 g/mol. The Morgan fingerprint density at radius 3 is 2.95 bits per heavy atom. The number of anilines is 1. The Balaban J connectivity index is 1.70. The van der Waals surface area contributed by atoms with Crippen LogP contribution in [0.25, 0.3) is 0 Å². The van der Waals surface area contributed by atoms with E-state index in [1.807, 2.05) is 12.1 Å². The number of nitrogens with zero attached hydrogens (tertiary/aromatic N) is 2. The number of fused-ring (bicyclic) bond motifs is 1. The van der Waals surface area contributed by atoms with Gasteiger partial charge >= 0.3 is 0 Å². The second-order valence-electron chi connectivity index (χ2n) is 6.27. The number of halogens is 1. The van der Waals surface area contributed by atoms with Gasteiger partial charge in [0, 0.05) is 42.4 Å². The van der Waals surface area contributed by atoms with Gasteiger partial charge < -0.3 is 5.73 Å². The molecule has 2 aliphatic heterocycles. The lowest BCUT2D eigenvalue weighted by atomic mass is 9.96. The molecule has 4 heteroatoms. The van der Waals surface area contributed by atoms with E-state index in [-0.39, 0.29) is 0 Å². The van der Waals surface area contributed by atoms with Crippen LogP contribution in [0.4, 0.5) is 5.69 Å². The molecule has 0 spiro atoms. The zero-order valence-electron chi connectivity index (χ0n) is 12.2. The number of hydrogen-bond acceptors (Lipinski definition) is 3. The summed E-state index contributed by atoms with van der Waals surface area (Å²) in [6.45, 7) is 6.91. The number of nitrogen functional groups attached to an aromatic ring is 1. The SMILES string of the molecule is CC1CN2CCCCC2CN1Cc1ccc(N)cc1Cl. The van der Waals surface area contributed by atoms with Crippen molar-refractivity contribution in [1.82, 2.24) is 9.80 Å². The molecule has 2 fully saturated rings. The fraction of sp³-hybridized carbons (Fsp3) is 0.625. The van der Waals surface area contributed by atoms with Crippen molar-refractivity contribution in [3.8, 4) is 0 Å². The number of rotatable bonds is 2. The first-order valence-electron chi connectivity index (χ1n) is 7.65. The molecule has 2 N–H and O–H groups in total. The molecule has 3 nitrogen and oxygen atoms in total. The summed E-state index contributed by atoms with van der Waals surface area (Å²) in [5, 5.41) is 0.795. The van der Waals surface area contributed by atoms with Gasteiger partial charge in [0.1, 0.15) is 0 Å². The van der Waals surface area contributed by atoms with E-state index in [1.54, 1.807) is 0 Å². The molecule has 20 heavy (non-hydrogen) atoms. The molecule has 0 saturated carbocycles. The topological polar surface area (TPSA) is 32.5 Å². The molecule has 2 atom stereocenters. The second kappa shape index (κ2) is 5.92. The first-order chi connectivity index (χ1) is 9.63. The standard InChI is InChI=1S/C16H24ClN3/c1-12-9-19-7-3-2-4-15(19)11-20(12)10-13-5-6-14(18)8-16(13)17/h5-6,8,12,15H,2-4,7,9-11,18H2,1H3. The van der Waals surface area contributed by atoms with Crippen molar-refractivity contribution >= 4 is 17.3 Å². The lowest BCUT2D eigenvalue weighted by Gasteiger charge is -2.47. The van der Waals surface area contributed by atoms with Crippen molar-refractivity contribution in [1.29, 1.82) is 0 Å². The van der Waals surface area contributed by atoms with E-state index in [4.69, 9.17) is 17.3 Å². The fourth-order valence-corrected chi connectivity index (χ4v) is 3.79. The summed E-state index contributed by atoms with van der Waals surface area (Å²) < 4.78 is 0. The zero-order valence-corrected chi connectivity index (χ0v) is 12.9. The average Bonchev–Trinajstić information content (AvgIpc) is 2.42. The third-order valence-corrected chi connectivity index (χ3v) is 5.12. The predicted molar refractivity (Wildman–Crippen MR) is 84.9 cm³/mol. The van der Waals surface area contributed by atoms with Crippen LogP contribution < -0.4 is 5.73 Å². The minimum Gasteiger partial charge on any atom is -0.399 e. The van der Waals surface area contributed by atoms with Crippen LogP contribution in [0.15, 0.2) is 18.2 Å². The van der Waals surface area contributed by atoms with Crippen molar-refractivity contribution in [3.05, 3.63) is 28.8 Å². The molecular weight excluding hydrogens is 270 g/mol. The summed E-state index contributed by atoms with van der Waals surface area (Å²) in [4.78, 5) is 5.25. The van der Waals surface area contributed by atoms with Crippen LogP contribution in [0.5, 0.6) is 0 Å². The van der Waals surface area contributed by atoms with Crippen molar-refractivity contribution in [2.45, 2.75) is 44.8 Å². The Bertz CT molecular complexity index is 477. The van der Waals surface area contributed by atoms with Crippen LogP contribution in [-0.2, 0) is 6.54 Å². The van der Waals surface area contributed by atoms with Gasteiger partial charge in [0.25, 0.3) is 0 Å². The maximum atomic E-state index is 6.32. The molecule has 2 saturated heterocycles. The molecular formula is C16H24ClN3. The Morgan fingerprint density at radius 2 is 2.15 bits per heavy atom. The van der Waals surface area contributed by atoms with Crippen molar-refractivity contribution < 1.29 is 0 Å². The van der Waals surface area contributed by atoms with Gasteiger partial charge in [0.2, 0.25) is 0 Å². The molecule has 0 aliphatic carbocycles. The normalized spacial score (nSPS) is 28.3. The van der Waals surface area contributed by atoms with E-state index >= 15 is 0 Å². The fourth-order valence-electron chi connectivity index (χ4n) is 3.54. The van der Waals surface area contributed by atoms with E-state index in [0.717, 1.165) is 23.3 Å². The summed E-state index contributed by atoms with van der Waals surface area (Å²) in [6.07, 6.45) is 4.09. The zero-order chi connectivity index (χ0) is 14.1. The summed E-state index contributed by atoms with van der Waals surface area (Å²) in [6, 6.07) is 7.21.